The van der Waals surface area contributed by atoms with Crippen LogP contribution in [0.25, 0.3) is 11.1 Å². The van der Waals surface area contributed by atoms with E-state index in [1.165, 1.54) is 21.0 Å². The largest absolute Gasteiger partial charge is 0.466 e. The van der Waals surface area contributed by atoms with Crippen LogP contribution in [0, 0.1) is 5.92 Å². The Bertz CT molecular complexity index is 1190. The third kappa shape index (κ3) is 4.84. The molecule has 1 aromatic heterocycles. The van der Waals surface area contributed by atoms with Crippen molar-refractivity contribution in [2.45, 2.75) is 50.5 Å². The van der Waals surface area contributed by atoms with E-state index in [0.717, 1.165) is 19.3 Å². The fourth-order valence-corrected chi connectivity index (χ4v) is 6.05. The molecule has 4 rings (SSSR count). The summed E-state index contributed by atoms with van der Waals surface area (Å²) in [6, 6.07) is 4.39. The molecule has 2 fully saturated rings. The summed E-state index contributed by atoms with van der Waals surface area (Å²) < 4.78 is 38.7. The van der Waals surface area contributed by atoms with Crippen LogP contribution in [-0.4, -0.2) is 66.9 Å². The van der Waals surface area contributed by atoms with Gasteiger partial charge in [-0.15, -0.1) is 0 Å². The molecule has 2 aromatic rings. The summed E-state index contributed by atoms with van der Waals surface area (Å²) in [5.41, 5.74) is 0.615. The molecule has 2 aliphatic heterocycles. The summed E-state index contributed by atoms with van der Waals surface area (Å²) in [5.74, 6) is -1.40. The van der Waals surface area contributed by atoms with Crippen molar-refractivity contribution in [2.24, 2.45) is 5.92 Å². The van der Waals surface area contributed by atoms with Crippen molar-refractivity contribution in [3.05, 3.63) is 28.7 Å². The number of rotatable bonds is 7. The Hall–Kier alpha value is -2.66. The molecule has 2 aliphatic rings. The van der Waals surface area contributed by atoms with E-state index in [1.54, 1.807) is 17.9 Å². The lowest BCUT2D eigenvalue weighted by Gasteiger charge is -2.31. The van der Waals surface area contributed by atoms with Gasteiger partial charge in [0, 0.05) is 45.2 Å². The first-order valence-corrected chi connectivity index (χ1v) is 12.8. The van der Waals surface area contributed by atoms with Gasteiger partial charge in [0.15, 0.2) is 5.58 Å². The Kier molecular flexibility index (Phi) is 6.89. The molecule has 11 heteroatoms. The Morgan fingerprint density at radius 3 is 2.64 bits per heavy atom. The van der Waals surface area contributed by atoms with Crippen molar-refractivity contribution in [2.75, 3.05) is 32.8 Å². The van der Waals surface area contributed by atoms with Crippen LogP contribution >= 0.6 is 0 Å². The molecule has 1 amide bonds. The zero-order chi connectivity index (χ0) is 23.6. The predicted molar refractivity (Wildman–Crippen MR) is 119 cm³/mol. The second kappa shape index (κ2) is 9.68. The number of ether oxygens (including phenoxy) is 1. The number of esters is 1. The lowest BCUT2D eigenvalue weighted by Crippen LogP contribution is -2.43. The summed E-state index contributed by atoms with van der Waals surface area (Å²) in [5, 5.41) is 0. The highest BCUT2D eigenvalue weighted by atomic mass is 32.2. The van der Waals surface area contributed by atoms with Crippen molar-refractivity contribution in [1.82, 2.24) is 13.8 Å². The summed E-state index contributed by atoms with van der Waals surface area (Å²) in [6.07, 6.45) is 3.14. The molecule has 2 saturated heterocycles. The third-order valence-corrected chi connectivity index (χ3v) is 8.18. The number of sulfonamides is 1. The fraction of sp³-hybridized carbons (Fsp3) is 0.591. The number of oxazole rings is 1. The van der Waals surface area contributed by atoms with Gasteiger partial charge in [0.25, 0.3) is 0 Å². The molecule has 3 heterocycles. The first kappa shape index (κ1) is 23.5. The predicted octanol–water partition coefficient (Wildman–Crippen LogP) is 1.57. The fourth-order valence-electron chi connectivity index (χ4n) is 4.52. The van der Waals surface area contributed by atoms with Crippen LogP contribution in [0.1, 0.15) is 39.0 Å². The van der Waals surface area contributed by atoms with Gasteiger partial charge >= 0.3 is 11.7 Å². The van der Waals surface area contributed by atoms with E-state index in [0.29, 0.717) is 44.7 Å². The van der Waals surface area contributed by atoms with E-state index in [1.807, 2.05) is 0 Å². The molecular weight excluding hydrogens is 450 g/mol. The topological polar surface area (TPSA) is 119 Å². The number of piperidine rings is 1. The van der Waals surface area contributed by atoms with Gasteiger partial charge in [-0.2, -0.15) is 4.31 Å². The Morgan fingerprint density at radius 2 is 1.91 bits per heavy atom. The average molecular weight is 480 g/mol. The van der Waals surface area contributed by atoms with Gasteiger partial charge in [-0.1, -0.05) is 0 Å². The van der Waals surface area contributed by atoms with Crippen LogP contribution < -0.4 is 5.76 Å². The normalized spacial score (nSPS) is 19.8. The molecule has 0 aliphatic carbocycles. The van der Waals surface area contributed by atoms with Crippen LogP contribution in [0.15, 0.2) is 32.3 Å². The monoisotopic (exact) mass is 479 g/mol. The standard InChI is InChI=1S/C22H29N3O7S/c1-2-31-21(27)16-6-5-10-23(15-16)20(26)9-13-25-18-8-7-17(14-19(18)32-22(25)28)33(29,30)24-11-3-4-12-24/h7-8,14,16H,2-6,9-13,15H2,1H3. The number of carbonyl (C=O) groups excluding carboxylic acids is 2. The molecule has 180 valence electrons. The Balaban J connectivity index is 1.46. The minimum absolute atomic E-state index is 0.0674. The van der Waals surface area contributed by atoms with E-state index in [-0.39, 0.29) is 41.2 Å². The van der Waals surface area contributed by atoms with E-state index in [2.05, 4.69) is 0 Å². The van der Waals surface area contributed by atoms with E-state index >= 15 is 0 Å². The number of aryl methyl sites for hydroxylation is 1. The van der Waals surface area contributed by atoms with Crippen molar-refractivity contribution in [3.63, 3.8) is 0 Å². The van der Waals surface area contributed by atoms with Gasteiger partial charge in [-0.05, 0) is 44.7 Å². The number of nitrogens with zero attached hydrogens (tertiary/aromatic N) is 3. The maximum Gasteiger partial charge on any atom is 0.419 e. The van der Waals surface area contributed by atoms with Crippen molar-refractivity contribution in [1.29, 1.82) is 0 Å². The number of hydrogen-bond donors (Lipinski definition) is 0. The van der Waals surface area contributed by atoms with Gasteiger partial charge in [0.2, 0.25) is 15.9 Å². The maximum atomic E-state index is 12.8. The molecule has 0 spiro atoms. The lowest BCUT2D eigenvalue weighted by molar-refractivity contribution is -0.151. The second-order valence-electron chi connectivity index (χ2n) is 8.44. The van der Waals surface area contributed by atoms with Crippen LogP contribution in [0.3, 0.4) is 0 Å². The first-order valence-electron chi connectivity index (χ1n) is 11.4. The summed E-state index contributed by atoms with van der Waals surface area (Å²) in [6.45, 7) is 4.01. The van der Waals surface area contributed by atoms with Crippen molar-refractivity contribution < 1.29 is 27.2 Å². The Morgan fingerprint density at radius 1 is 1.15 bits per heavy atom. The highest BCUT2D eigenvalue weighted by Crippen LogP contribution is 2.25. The zero-order valence-electron chi connectivity index (χ0n) is 18.7. The second-order valence-corrected chi connectivity index (χ2v) is 10.4. The quantitative estimate of drug-likeness (QED) is 0.553. The number of aromatic nitrogens is 1. The molecule has 0 saturated carbocycles. The molecule has 0 bridgehead atoms. The average Bonchev–Trinajstić information content (AvgIpc) is 3.45. The molecule has 1 aromatic carbocycles. The van der Waals surface area contributed by atoms with E-state index < -0.39 is 15.8 Å². The van der Waals surface area contributed by atoms with Crippen LogP contribution in [-0.2, 0) is 30.9 Å². The SMILES string of the molecule is CCOC(=O)C1CCCN(C(=O)CCn2c(=O)oc3cc(S(=O)(=O)N4CCCC4)ccc32)C1. The minimum Gasteiger partial charge on any atom is -0.466 e. The molecule has 0 radical (unpaired) electrons. The molecule has 10 nitrogen and oxygen atoms in total. The highest BCUT2D eigenvalue weighted by Gasteiger charge is 2.30. The van der Waals surface area contributed by atoms with Crippen molar-refractivity contribution in [3.8, 4) is 0 Å². The summed E-state index contributed by atoms with van der Waals surface area (Å²) >= 11 is 0. The Labute approximate surface area is 192 Å². The number of hydrogen-bond acceptors (Lipinski definition) is 7. The lowest BCUT2D eigenvalue weighted by atomic mass is 9.98. The third-order valence-electron chi connectivity index (χ3n) is 6.29. The highest BCUT2D eigenvalue weighted by molar-refractivity contribution is 7.89. The van der Waals surface area contributed by atoms with Crippen LogP contribution in [0.5, 0.6) is 0 Å². The number of amides is 1. The number of benzene rings is 1. The molecular formula is C22H29N3O7S. The number of carbonyl (C=O) groups is 2. The summed E-state index contributed by atoms with van der Waals surface area (Å²) in [7, 11) is -3.63. The first-order chi connectivity index (χ1) is 15.8. The zero-order valence-corrected chi connectivity index (χ0v) is 19.5. The molecule has 33 heavy (non-hydrogen) atoms. The van der Waals surface area contributed by atoms with Gasteiger partial charge in [-0.25, -0.2) is 13.2 Å². The van der Waals surface area contributed by atoms with Crippen LogP contribution in [0.4, 0.5) is 0 Å². The smallest absolute Gasteiger partial charge is 0.419 e. The minimum atomic E-state index is -3.63. The van der Waals surface area contributed by atoms with E-state index in [9.17, 15) is 22.8 Å². The van der Waals surface area contributed by atoms with Gasteiger partial charge in [0.05, 0.1) is 22.9 Å². The molecule has 0 N–H and O–H groups in total. The van der Waals surface area contributed by atoms with Gasteiger partial charge in [-0.3, -0.25) is 14.2 Å². The van der Waals surface area contributed by atoms with Gasteiger partial charge < -0.3 is 14.1 Å². The molecule has 1 unspecified atom stereocenters. The van der Waals surface area contributed by atoms with Crippen LogP contribution in [0.2, 0.25) is 0 Å². The molecule has 1 atom stereocenters. The number of likely N-dealkylation sites (tertiary alicyclic amines) is 1. The number of fused-ring (bicyclic) bond motifs is 1. The van der Waals surface area contributed by atoms with Crippen molar-refractivity contribution >= 4 is 33.0 Å². The van der Waals surface area contributed by atoms with Gasteiger partial charge in [0.1, 0.15) is 0 Å². The summed E-state index contributed by atoms with van der Waals surface area (Å²) in [4.78, 5) is 38.9. The van der Waals surface area contributed by atoms with E-state index in [4.69, 9.17) is 9.15 Å². The maximum absolute atomic E-state index is 12.8.